The normalized spacial score (nSPS) is 12.8. The number of rotatable bonds is 10. The van der Waals surface area contributed by atoms with E-state index in [1.807, 2.05) is 19.1 Å². The molecule has 0 aliphatic carbocycles. The highest BCUT2D eigenvalue weighted by atomic mass is 16.5. The lowest BCUT2D eigenvalue weighted by molar-refractivity contribution is -0.117. The number of carbonyl (C=O) groups is 3. The predicted molar refractivity (Wildman–Crippen MR) is 156 cm³/mol. The summed E-state index contributed by atoms with van der Waals surface area (Å²) in [5, 5.41) is 17.6. The van der Waals surface area contributed by atoms with E-state index in [9.17, 15) is 14.4 Å². The van der Waals surface area contributed by atoms with E-state index < -0.39 is 0 Å². The first kappa shape index (κ1) is 28.4. The minimum atomic E-state index is -0.303. The molecule has 1 saturated heterocycles. The van der Waals surface area contributed by atoms with Crippen LogP contribution in [-0.4, -0.2) is 62.1 Å². The van der Waals surface area contributed by atoms with Crippen LogP contribution in [0.1, 0.15) is 50.4 Å². The van der Waals surface area contributed by atoms with Gasteiger partial charge in [-0.1, -0.05) is 12.1 Å². The van der Waals surface area contributed by atoms with Crippen LogP contribution in [0.25, 0.3) is 0 Å². The molecule has 0 bridgehead atoms. The van der Waals surface area contributed by atoms with Gasteiger partial charge in [0, 0.05) is 62.5 Å². The van der Waals surface area contributed by atoms with Gasteiger partial charge < -0.3 is 31.0 Å². The van der Waals surface area contributed by atoms with Gasteiger partial charge in [-0.05, 0) is 61.7 Å². The Labute approximate surface area is 233 Å². The van der Waals surface area contributed by atoms with Crippen LogP contribution in [0.2, 0.25) is 0 Å². The second-order valence-corrected chi connectivity index (χ2v) is 9.54. The molecule has 1 aliphatic heterocycles. The van der Waals surface area contributed by atoms with Crippen molar-refractivity contribution in [3.63, 3.8) is 0 Å². The summed E-state index contributed by atoms with van der Waals surface area (Å²) >= 11 is 0. The Balaban J connectivity index is 1.50. The number of hydrogen-bond acceptors (Lipinski definition) is 6. The van der Waals surface area contributed by atoms with Crippen LogP contribution in [0, 0.1) is 19.3 Å². The Kier molecular flexibility index (Phi) is 8.85. The van der Waals surface area contributed by atoms with E-state index in [0.717, 1.165) is 12.0 Å². The van der Waals surface area contributed by atoms with Crippen molar-refractivity contribution < 1.29 is 19.1 Å². The zero-order valence-corrected chi connectivity index (χ0v) is 23.2. The molecule has 11 nitrogen and oxygen atoms in total. The smallest absolute Gasteiger partial charge is 0.255 e. The number of anilines is 3. The molecule has 0 saturated carbocycles. The molecule has 3 amide bonds. The van der Waals surface area contributed by atoms with Crippen molar-refractivity contribution in [2.45, 2.75) is 26.7 Å². The zero-order chi connectivity index (χ0) is 28.8. The number of nitrogens with zero attached hydrogens (tertiary/aromatic N) is 2. The average molecular weight is 546 g/mol. The fourth-order valence-electron chi connectivity index (χ4n) is 4.64. The maximum Gasteiger partial charge on any atom is 0.255 e. The van der Waals surface area contributed by atoms with Crippen LogP contribution in [0.15, 0.2) is 48.7 Å². The molecule has 5 N–H and O–H groups in total. The lowest BCUT2D eigenvalue weighted by Gasteiger charge is -2.17. The lowest BCUT2D eigenvalue weighted by atomic mass is 10.1. The van der Waals surface area contributed by atoms with Crippen LogP contribution in [0.5, 0.6) is 0 Å². The summed E-state index contributed by atoms with van der Waals surface area (Å²) in [5.41, 5.74) is 7.79. The van der Waals surface area contributed by atoms with Crippen molar-refractivity contribution in [1.29, 1.82) is 5.41 Å². The molecular formula is C29H35N7O4. The van der Waals surface area contributed by atoms with E-state index in [1.54, 1.807) is 67.2 Å². The molecule has 4 rings (SSSR count). The maximum atomic E-state index is 13.1. The van der Waals surface area contributed by atoms with E-state index in [2.05, 4.69) is 21.4 Å². The van der Waals surface area contributed by atoms with Gasteiger partial charge in [0.15, 0.2) is 0 Å². The number of nitrogens with one attached hydrogen (secondary N) is 5. The van der Waals surface area contributed by atoms with Gasteiger partial charge in [0.2, 0.25) is 5.91 Å². The molecular weight excluding hydrogens is 510 g/mol. The highest BCUT2D eigenvalue weighted by molar-refractivity contribution is 6.10. The fourth-order valence-corrected chi connectivity index (χ4v) is 4.64. The number of ether oxygens (including phenoxy) is 1. The molecule has 2 heterocycles. The van der Waals surface area contributed by atoms with Gasteiger partial charge in [-0.15, -0.1) is 0 Å². The molecule has 210 valence electrons. The van der Waals surface area contributed by atoms with Crippen molar-refractivity contribution in [3.05, 3.63) is 76.6 Å². The van der Waals surface area contributed by atoms with Gasteiger partial charge in [-0.25, -0.2) is 0 Å². The Bertz CT molecular complexity index is 1450. The summed E-state index contributed by atoms with van der Waals surface area (Å²) in [7, 11) is 3.28. The summed E-state index contributed by atoms with van der Waals surface area (Å²) in [6, 6.07) is 12.4. The Morgan fingerprint density at radius 3 is 2.58 bits per heavy atom. The molecule has 1 fully saturated rings. The van der Waals surface area contributed by atoms with Gasteiger partial charge in [0.25, 0.3) is 11.8 Å². The number of methoxy groups -OCH3 is 1. The topological polar surface area (TPSA) is 141 Å². The van der Waals surface area contributed by atoms with Gasteiger partial charge in [-0.3, -0.25) is 24.5 Å². The second kappa shape index (κ2) is 12.5. The SMILES string of the molecule is CNn1cc(C(=O)NCCOC)c(C)c1C(=N)Nc1cc(NC(=O)c2cccc(N3CCCC3=O)c2)ccc1C. The highest BCUT2D eigenvalue weighted by Crippen LogP contribution is 2.25. The van der Waals surface area contributed by atoms with Gasteiger partial charge in [0.1, 0.15) is 11.5 Å². The Morgan fingerprint density at radius 2 is 1.88 bits per heavy atom. The molecule has 3 aromatic rings. The number of aryl methyl sites for hydroxylation is 1. The van der Waals surface area contributed by atoms with Crippen molar-refractivity contribution in [2.75, 3.05) is 54.8 Å². The van der Waals surface area contributed by atoms with E-state index in [1.165, 1.54) is 0 Å². The number of amides is 3. The minimum Gasteiger partial charge on any atom is -0.383 e. The van der Waals surface area contributed by atoms with Crippen LogP contribution >= 0.6 is 0 Å². The number of carbonyl (C=O) groups excluding carboxylic acids is 3. The molecule has 0 spiro atoms. The van der Waals surface area contributed by atoms with Gasteiger partial charge >= 0.3 is 0 Å². The largest absolute Gasteiger partial charge is 0.383 e. The van der Waals surface area contributed by atoms with Crippen LogP contribution in [0.4, 0.5) is 17.1 Å². The van der Waals surface area contributed by atoms with Crippen molar-refractivity contribution in [3.8, 4) is 0 Å². The average Bonchev–Trinajstić information content (AvgIpc) is 3.53. The monoisotopic (exact) mass is 545 g/mol. The van der Waals surface area contributed by atoms with E-state index in [4.69, 9.17) is 10.1 Å². The third-order valence-electron chi connectivity index (χ3n) is 6.82. The van der Waals surface area contributed by atoms with E-state index in [0.29, 0.717) is 65.6 Å². The molecule has 40 heavy (non-hydrogen) atoms. The van der Waals surface area contributed by atoms with Crippen molar-refractivity contribution in [2.24, 2.45) is 0 Å². The van der Waals surface area contributed by atoms with Gasteiger partial charge in [-0.2, -0.15) is 0 Å². The lowest BCUT2D eigenvalue weighted by Crippen LogP contribution is -2.27. The zero-order valence-electron chi connectivity index (χ0n) is 23.2. The summed E-state index contributed by atoms with van der Waals surface area (Å²) in [4.78, 5) is 39.6. The summed E-state index contributed by atoms with van der Waals surface area (Å²) in [6.45, 7) is 5.12. The van der Waals surface area contributed by atoms with Crippen LogP contribution in [-0.2, 0) is 9.53 Å². The third-order valence-corrected chi connectivity index (χ3v) is 6.82. The number of hydrogen-bond donors (Lipinski definition) is 5. The predicted octanol–water partition coefficient (Wildman–Crippen LogP) is 3.47. The van der Waals surface area contributed by atoms with E-state index >= 15 is 0 Å². The maximum absolute atomic E-state index is 13.1. The van der Waals surface area contributed by atoms with Crippen LogP contribution in [0.3, 0.4) is 0 Å². The number of amidine groups is 1. The molecule has 0 unspecified atom stereocenters. The molecule has 11 heteroatoms. The highest BCUT2D eigenvalue weighted by Gasteiger charge is 2.23. The quantitative estimate of drug-likeness (QED) is 0.150. The minimum absolute atomic E-state index is 0.0627. The van der Waals surface area contributed by atoms with E-state index in [-0.39, 0.29) is 23.6 Å². The first-order valence-electron chi connectivity index (χ1n) is 13.1. The Morgan fingerprint density at radius 1 is 1.07 bits per heavy atom. The molecule has 0 radical (unpaired) electrons. The summed E-state index contributed by atoms with van der Waals surface area (Å²) < 4.78 is 6.62. The van der Waals surface area contributed by atoms with Crippen molar-refractivity contribution in [1.82, 2.24) is 9.99 Å². The summed E-state index contributed by atoms with van der Waals surface area (Å²) in [5.74, 6) is -0.413. The number of benzene rings is 2. The summed E-state index contributed by atoms with van der Waals surface area (Å²) in [6.07, 6.45) is 2.98. The molecule has 0 atom stereocenters. The van der Waals surface area contributed by atoms with Gasteiger partial charge in [0.05, 0.1) is 12.2 Å². The third kappa shape index (κ3) is 6.15. The molecule has 1 aliphatic rings. The van der Waals surface area contributed by atoms with Crippen LogP contribution < -0.4 is 26.3 Å². The molecule has 1 aromatic heterocycles. The first-order chi connectivity index (χ1) is 19.2. The standard InChI is InChI=1S/C29H35N7O4/c1-18-10-11-21(33-28(38)20-7-5-8-22(15-20)35-13-6-9-25(35)37)16-24(18)34-27(30)26-19(2)23(17-36(26)31-3)29(39)32-12-14-40-4/h5,7-8,10-11,15-17,31H,6,9,12-14H2,1-4H3,(H2,30,34)(H,32,39)(H,33,38). The first-order valence-corrected chi connectivity index (χ1v) is 13.1. The Hall–Kier alpha value is -4.64. The van der Waals surface area contributed by atoms with Crippen molar-refractivity contribution >= 4 is 40.6 Å². The second-order valence-electron chi connectivity index (χ2n) is 9.54. The molecule has 2 aromatic carbocycles. The number of aromatic nitrogens is 1. The fraction of sp³-hybridized carbons (Fsp3) is 0.310.